The predicted octanol–water partition coefficient (Wildman–Crippen LogP) is 0.519. The molecule has 1 aromatic carbocycles. The fraction of sp³-hybridized carbons (Fsp3) is 0.300. The molecule has 0 aliphatic carbocycles. The van der Waals surface area contributed by atoms with Gasteiger partial charge in [0.15, 0.2) is 5.82 Å². The minimum Gasteiger partial charge on any atom is -0.350 e. The minimum atomic E-state index is -4.53. The SMILES string of the molecule is CC(C)NC(=O)c1cc([N+](=O)[O-])cc(S(N)(=O)=O)c1F. The third kappa shape index (κ3) is 3.48. The van der Waals surface area contributed by atoms with Gasteiger partial charge in [0.2, 0.25) is 10.0 Å². The standard InChI is InChI=1S/C10H12FN3O5S/c1-5(2)13-10(15)7-3-6(14(16)17)4-8(9(7)11)20(12,18)19/h3-5H,1-2H3,(H,13,15)(H2,12,18,19). The summed E-state index contributed by atoms with van der Waals surface area (Å²) in [6.45, 7) is 3.18. The molecule has 0 radical (unpaired) electrons. The second-order valence-electron chi connectivity index (χ2n) is 4.24. The first-order valence-corrected chi connectivity index (χ1v) is 6.90. The van der Waals surface area contributed by atoms with E-state index in [1.165, 1.54) is 0 Å². The molecule has 0 atom stereocenters. The molecule has 1 amide bonds. The number of nitro benzene ring substituents is 1. The molecule has 0 fully saturated rings. The number of hydrogen-bond acceptors (Lipinski definition) is 5. The van der Waals surface area contributed by atoms with Crippen molar-refractivity contribution >= 4 is 21.6 Å². The van der Waals surface area contributed by atoms with Gasteiger partial charge in [0.05, 0.1) is 10.5 Å². The number of sulfonamides is 1. The molecular weight excluding hydrogens is 293 g/mol. The average molecular weight is 305 g/mol. The number of non-ortho nitro benzene ring substituents is 1. The first-order valence-electron chi connectivity index (χ1n) is 5.35. The van der Waals surface area contributed by atoms with E-state index in [-0.39, 0.29) is 6.04 Å². The zero-order valence-corrected chi connectivity index (χ0v) is 11.4. The van der Waals surface area contributed by atoms with Crippen LogP contribution in [0.1, 0.15) is 24.2 Å². The van der Waals surface area contributed by atoms with Crippen LogP contribution in [-0.2, 0) is 10.0 Å². The van der Waals surface area contributed by atoms with Crippen molar-refractivity contribution in [3.8, 4) is 0 Å². The van der Waals surface area contributed by atoms with Crippen molar-refractivity contribution in [3.05, 3.63) is 33.6 Å². The second kappa shape index (κ2) is 5.51. The van der Waals surface area contributed by atoms with Crippen LogP contribution in [0.5, 0.6) is 0 Å². The summed E-state index contributed by atoms with van der Waals surface area (Å²) in [6.07, 6.45) is 0. The van der Waals surface area contributed by atoms with Gasteiger partial charge in [-0.25, -0.2) is 17.9 Å². The number of primary sulfonamides is 1. The summed E-state index contributed by atoms with van der Waals surface area (Å²) in [5.74, 6) is -2.39. The van der Waals surface area contributed by atoms with Crippen molar-refractivity contribution < 1.29 is 22.5 Å². The van der Waals surface area contributed by atoms with Gasteiger partial charge in [0.25, 0.3) is 11.6 Å². The summed E-state index contributed by atoms with van der Waals surface area (Å²) in [6, 6.07) is 0.762. The Morgan fingerprint density at radius 1 is 1.45 bits per heavy atom. The van der Waals surface area contributed by atoms with Crippen LogP contribution < -0.4 is 10.5 Å². The van der Waals surface area contributed by atoms with Gasteiger partial charge in [-0.15, -0.1) is 0 Å². The van der Waals surface area contributed by atoms with Crippen molar-refractivity contribution in [1.29, 1.82) is 0 Å². The van der Waals surface area contributed by atoms with Crippen molar-refractivity contribution in [1.82, 2.24) is 5.32 Å². The first kappa shape index (κ1) is 16.0. The maximum atomic E-state index is 14.0. The monoisotopic (exact) mass is 305 g/mol. The van der Waals surface area contributed by atoms with Crippen LogP contribution in [0.15, 0.2) is 17.0 Å². The highest BCUT2D eigenvalue weighted by atomic mass is 32.2. The molecule has 0 saturated carbocycles. The van der Waals surface area contributed by atoms with Crippen LogP contribution in [0.3, 0.4) is 0 Å². The minimum absolute atomic E-state index is 0.362. The quantitative estimate of drug-likeness (QED) is 0.618. The molecule has 0 aliphatic rings. The highest BCUT2D eigenvalue weighted by Gasteiger charge is 2.26. The van der Waals surface area contributed by atoms with E-state index in [0.29, 0.717) is 12.1 Å². The molecule has 0 bridgehead atoms. The van der Waals surface area contributed by atoms with E-state index in [2.05, 4.69) is 5.32 Å². The maximum absolute atomic E-state index is 14.0. The number of carbonyl (C=O) groups is 1. The Kier molecular flexibility index (Phi) is 4.40. The second-order valence-corrected chi connectivity index (χ2v) is 5.77. The first-order chi connectivity index (χ1) is 9.04. The molecule has 0 aliphatic heterocycles. The van der Waals surface area contributed by atoms with Crippen LogP contribution >= 0.6 is 0 Å². The van der Waals surface area contributed by atoms with Crippen LogP contribution in [0.2, 0.25) is 0 Å². The Bertz CT molecular complexity index is 672. The molecule has 1 rings (SSSR count). The Hall–Kier alpha value is -2.07. The summed E-state index contributed by atoms with van der Waals surface area (Å²) >= 11 is 0. The molecule has 0 saturated heterocycles. The number of nitrogens with zero attached hydrogens (tertiary/aromatic N) is 1. The van der Waals surface area contributed by atoms with Crippen molar-refractivity contribution in [3.63, 3.8) is 0 Å². The number of nitrogens with one attached hydrogen (secondary N) is 1. The van der Waals surface area contributed by atoms with E-state index in [4.69, 9.17) is 5.14 Å². The zero-order chi connectivity index (χ0) is 15.7. The fourth-order valence-corrected chi connectivity index (χ4v) is 2.05. The highest BCUT2D eigenvalue weighted by molar-refractivity contribution is 7.89. The number of rotatable bonds is 4. The summed E-state index contributed by atoms with van der Waals surface area (Å²) in [7, 11) is -4.53. The predicted molar refractivity (Wildman–Crippen MR) is 67.0 cm³/mol. The molecule has 0 unspecified atom stereocenters. The lowest BCUT2D eigenvalue weighted by molar-refractivity contribution is -0.385. The maximum Gasteiger partial charge on any atom is 0.271 e. The van der Waals surface area contributed by atoms with E-state index in [1.807, 2.05) is 0 Å². The van der Waals surface area contributed by atoms with Crippen molar-refractivity contribution in [2.75, 3.05) is 0 Å². The Balaban J connectivity index is 3.56. The van der Waals surface area contributed by atoms with E-state index < -0.39 is 42.8 Å². The number of nitro groups is 1. The summed E-state index contributed by atoms with van der Waals surface area (Å²) in [5, 5.41) is 17.8. The lowest BCUT2D eigenvalue weighted by atomic mass is 10.1. The summed E-state index contributed by atoms with van der Waals surface area (Å²) < 4.78 is 36.4. The third-order valence-electron chi connectivity index (χ3n) is 2.21. The number of carbonyl (C=O) groups excluding carboxylic acids is 1. The zero-order valence-electron chi connectivity index (χ0n) is 10.6. The Labute approximate surface area is 114 Å². The number of halogens is 1. The van der Waals surface area contributed by atoms with E-state index in [0.717, 1.165) is 0 Å². The summed E-state index contributed by atoms with van der Waals surface area (Å²) in [4.78, 5) is 20.4. The normalized spacial score (nSPS) is 11.4. The van der Waals surface area contributed by atoms with Crippen molar-refractivity contribution in [2.45, 2.75) is 24.8 Å². The average Bonchev–Trinajstić information content (AvgIpc) is 2.25. The van der Waals surface area contributed by atoms with Gasteiger partial charge in [-0.3, -0.25) is 14.9 Å². The van der Waals surface area contributed by atoms with Gasteiger partial charge in [-0.2, -0.15) is 0 Å². The summed E-state index contributed by atoms with van der Waals surface area (Å²) in [5.41, 5.74) is -1.50. The molecule has 10 heteroatoms. The number of nitrogens with two attached hydrogens (primary N) is 1. The lowest BCUT2D eigenvalue weighted by Gasteiger charge is -2.10. The smallest absolute Gasteiger partial charge is 0.271 e. The number of hydrogen-bond donors (Lipinski definition) is 2. The Morgan fingerprint density at radius 2 is 2.00 bits per heavy atom. The highest BCUT2D eigenvalue weighted by Crippen LogP contribution is 2.24. The van der Waals surface area contributed by atoms with Gasteiger partial charge in [-0.05, 0) is 13.8 Å². The van der Waals surface area contributed by atoms with E-state index >= 15 is 0 Å². The molecule has 20 heavy (non-hydrogen) atoms. The van der Waals surface area contributed by atoms with Gasteiger partial charge >= 0.3 is 0 Å². The lowest BCUT2D eigenvalue weighted by Crippen LogP contribution is -2.31. The third-order valence-corrected chi connectivity index (χ3v) is 3.12. The fourth-order valence-electron chi connectivity index (χ4n) is 1.40. The molecule has 8 nitrogen and oxygen atoms in total. The van der Waals surface area contributed by atoms with Crippen LogP contribution in [0.25, 0.3) is 0 Å². The molecule has 0 heterocycles. The van der Waals surface area contributed by atoms with E-state index in [1.54, 1.807) is 13.8 Å². The Morgan fingerprint density at radius 3 is 2.40 bits per heavy atom. The largest absolute Gasteiger partial charge is 0.350 e. The number of benzene rings is 1. The van der Waals surface area contributed by atoms with Gasteiger partial charge < -0.3 is 5.32 Å². The van der Waals surface area contributed by atoms with Gasteiger partial charge in [-0.1, -0.05) is 0 Å². The van der Waals surface area contributed by atoms with Crippen LogP contribution in [-0.4, -0.2) is 25.3 Å². The molecule has 0 spiro atoms. The van der Waals surface area contributed by atoms with Gasteiger partial charge in [0, 0.05) is 18.2 Å². The van der Waals surface area contributed by atoms with Crippen molar-refractivity contribution in [2.24, 2.45) is 5.14 Å². The molecule has 0 aromatic heterocycles. The molecule has 110 valence electrons. The van der Waals surface area contributed by atoms with E-state index in [9.17, 15) is 27.7 Å². The van der Waals surface area contributed by atoms with Gasteiger partial charge in [0.1, 0.15) is 4.90 Å². The number of amides is 1. The molecular formula is C10H12FN3O5S. The van der Waals surface area contributed by atoms with Crippen LogP contribution in [0.4, 0.5) is 10.1 Å². The topological polar surface area (TPSA) is 132 Å². The van der Waals surface area contributed by atoms with Crippen LogP contribution in [0, 0.1) is 15.9 Å². The molecule has 3 N–H and O–H groups in total. The molecule has 1 aromatic rings.